The van der Waals surface area contributed by atoms with Crippen LogP contribution in [0.3, 0.4) is 0 Å². The van der Waals surface area contributed by atoms with Crippen LogP contribution in [0, 0.1) is 29.6 Å². The summed E-state index contributed by atoms with van der Waals surface area (Å²) in [4.78, 5) is 0. The van der Waals surface area contributed by atoms with Crippen molar-refractivity contribution in [2.75, 3.05) is 0 Å². The Hall–Kier alpha value is -0.0700. The van der Waals surface area contributed by atoms with E-state index >= 15 is 0 Å². The van der Waals surface area contributed by atoms with Crippen LogP contribution in [-0.2, 0) is 0 Å². The summed E-state index contributed by atoms with van der Waals surface area (Å²) < 4.78 is 13.7. The maximum atomic E-state index is 13.7. The molecule has 0 nitrogen and oxygen atoms in total. The molecule has 0 spiro atoms. The Bertz CT molecular complexity index is 377. The van der Waals surface area contributed by atoms with E-state index in [1.807, 2.05) is 27.7 Å². The third kappa shape index (κ3) is 28.8. The molecule has 1 aliphatic rings. The van der Waals surface area contributed by atoms with E-state index in [2.05, 4.69) is 55.4 Å². The second-order valence-electron chi connectivity index (χ2n) is 11.9. The van der Waals surface area contributed by atoms with Crippen LogP contribution in [0.1, 0.15) is 200 Å². The van der Waals surface area contributed by atoms with Crippen LogP contribution in [0.5, 0.6) is 0 Å². The standard InChI is InChI=1S/C23H45F.C5H12.C4H10.2C2H6/c1-7-9-12-20-14-15-22(20)21(18(3)4)13-10-11-19(8-2)16-17-23(5,6)24;1-3-5-4-2;1-3-4-2;2*1-2/h18-22H,7-17H2,1-6H3;3-5H2,1-2H3;3-4H2,1-2H3;2*1-2H3. The van der Waals surface area contributed by atoms with Gasteiger partial charge in [-0.25, -0.2) is 4.39 Å². The normalized spacial score (nSPS) is 17.8. The van der Waals surface area contributed by atoms with Gasteiger partial charge in [0, 0.05) is 0 Å². The predicted octanol–water partition coefficient (Wildman–Crippen LogP) is 14.3. The summed E-state index contributed by atoms with van der Waals surface area (Å²) in [5.41, 5.74) is -0.994. The molecule has 0 aromatic carbocycles. The van der Waals surface area contributed by atoms with Crippen molar-refractivity contribution in [3.63, 3.8) is 0 Å². The number of hydrogen-bond donors (Lipinski definition) is 0. The van der Waals surface area contributed by atoms with Crippen molar-refractivity contribution in [1.82, 2.24) is 0 Å². The van der Waals surface area contributed by atoms with Crippen molar-refractivity contribution >= 4 is 0 Å². The van der Waals surface area contributed by atoms with Crippen LogP contribution < -0.4 is 0 Å². The zero-order valence-corrected chi connectivity index (χ0v) is 29.1. The highest BCUT2D eigenvalue weighted by Crippen LogP contribution is 2.47. The first-order valence-electron chi connectivity index (χ1n) is 17.3. The van der Waals surface area contributed by atoms with Crippen molar-refractivity contribution in [2.24, 2.45) is 29.6 Å². The Balaban J connectivity index is -0.000000350. The van der Waals surface area contributed by atoms with E-state index in [1.54, 1.807) is 13.8 Å². The molecule has 0 bridgehead atoms. The van der Waals surface area contributed by atoms with Gasteiger partial charge >= 0.3 is 0 Å². The molecule has 4 unspecified atom stereocenters. The predicted molar refractivity (Wildman–Crippen MR) is 175 cm³/mol. The highest BCUT2D eigenvalue weighted by molar-refractivity contribution is 4.87. The molecule has 1 rings (SSSR count). The molecule has 0 aromatic heterocycles. The van der Waals surface area contributed by atoms with Gasteiger partial charge in [-0.15, -0.1) is 0 Å². The third-order valence-corrected chi connectivity index (χ3v) is 7.89. The molecule has 0 amide bonds. The number of unbranched alkanes of at least 4 members (excludes halogenated alkanes) is 4. The number of alkyl halides is 1. The van der Waals surface area contributed by atoms with E-state index in [4.69, 9.17) is 0 Å². The first kappa shape index (κ1) is 44.0. The molecule has 0 radical (unpaired) electrons. The molecule has 4 atom stereocenters. The van der Waals surface area contributed by atoms with Gasteiger partial charge in [0.25, 0.3) is 0 Å². The van der Waals surface area contributed by atoms with Crippen LogP contribution >= 0.6 is 0 Å². The van der Waals surface area contributed by atoms with E-state index < -0.39 is 5.67 Å². The Labute approximate surface area is 239 Å². The molecule has 0 aromatic rings. The summed E-state index contributed by atoms with van der Waals surface area (Å²) in [6, 6.07) is 0. The summed E-state index contributed by atoms with van der Waals surface area (Å²) in [6.45, 7) is 29.7. The molecule has 1 heteroatoms. The van der Waals surface area contributed by atoms with Crippen LogP contribution in [-0.4, -0.2) is 5.67 Å². The van der Waals surface area contributed by atoms with Gasteiger partial charge in [0.2, 0.25) is 0 Å². The van der Waals surface area contributed by atoms with Crippen LogP contribution in [0.2, 0.25) is 0 Å². The monoisotopic (exact) mass is 531 g/mol. The molecular weight excluding hydrogens is 451 g/mol. The van der Waals surface area contributed by atoms with E-state index in [-0.39, 0.29) is 0 Å². The molecule has 230 valence electrons. The quantitative estimate of drug-likeness (QED) is 0.186. The first-order chi connectivity index (χ1) is 17.6. The summed E-state index contributed by atoms with van der Waals surface area (Å²) in [5, 5.41) is 0. The lowest BCUT2D eigenvalue weighted by Crippen LogP contribution is -2.35. The molecule has 0 aliphatic heterocycles. The largest absolute Gasteiger partial charge is 0.245 e. The van der Waals surface area contributed by atoms with Gasteiger partial charge in [-0.3, -0.25) is 0 Å². The Morgan fingerprint density at radius 3 is 1.49 bits per heavy atom. The summed E-state index contributed by atoms with van der Waals surface area (Å²) in [5.74, 6) is 4.50. The zero-order valence-electron chi connectivity index (χ0n) is 29.1. The third-order valence-electron chi connectivity index (χ3n) is 7.89. The van der Waals surface area contributed by atoms with E-state index in [0.29, 0.717) is 0 Å². The number of halogens is 1. The Morgan fingerprint density at radius 2 is 1.19 bits per heavy atom. The first-order valence-corrected chi connectivity index (χ1v) is 17.3. The molecule has 1 saturated carbocycles. The number of rotatable bonds is 16. The van der Waals surface area contributed by atoms with Crippen LogP contribution in [0.4, 0.5) is 4.39 Å². The average Bonchev–Trinajstić information content (AvgIpc) is 2.87. The molecule has 1 fully saturated rings. The van der Waals surface area contributed by atoms with E-state index in [0.717, 1.165) is 42.4 Å². The van der Waals surface area contributed by atoms with Gasteiger partial charge in [-0.2, -0.15) is 0 Å². The fourth-order valence-corrected chi connectivity index (χ4v) is 5.12. The molecule has 1 aliphatic carbocycles. The van der Waals surface area contributed by atoms with Crippen molar-refractivity contribution in [2.45, 2.75) is 205 Å². The lowest BCUT2D eigenvalue weighted by molar-refractivity contribution is 0.0595. The minimum Gasteiger partial charge on any atom is -0.245 e. The highest BCUT2D eigenvalue weighted by Gasteiger charge is 2.37. The molecular formula is C36H79F. The van der Waals surface area contributed by atoms with Gasteiger partial charge in [-0.05, 0) is 75.5 Å². The lowest BCUT2D eigenvalue weighted by Gasteiger charge is -2.44. The highest BCUT2D eigenvalue weighted by atomic mass is 19.1. The Kier molecular flexibility index (Phi) is 38.2. The van der Waals surface area contributed by atoms with Gasteiger partial charge in [0.05, 0.1) is 0 Å². The fraction of sp³-hybridized carbons (Fsp3) is 1.00. The van der Waals surface area contributed by atoms with Gasteiger partial charge in [0.15, 0.2) is 0 Å². The summed E-state index contributed by atoms with van der Waals surface area (Å²) in [6.07, 6.45) is 21.0. The van der Waals surface area contributed by atoms with Crippen LogP contribution in [0.25, 0.3) is 0 Å². The molecule has 0 heterocycles. The van der Waals surface area contributed by atoms with Crippen molar-refractivity contribution in [1.29, 1.82) is 0 Å². The smallest absolute Gasteiger partial charge is 0.105 e. The van der Waals surface area contributed by atoms with Crippen LogP contribution in [0.15, 0.2) is 0 Å². The van der Waals surface area contributed by atoms with E-state index in [9.17, 15) is 4.39 Å². The van der Waals surface area contributed by atoms with Gasteiger partial charge in [0.1, 0.15) is 5.67 Å². The number of hydrogen-bond acceptors (Lipinski definition) is 0. The molecule has 37 heavy (non-hydrogen) atoms. The maximum absolute atomic E-state index is 13.7. The topological polar surface area (TPSA) is 0 Å². The fourth-order valence-electron chi connectivity index (χ4n) is 5.12. The second kappa shape index (κ2) is 32.1. The average molecular weight is 531 g/mol. The van der Waals surface area contributed by atoms with Gasteiger partial charge < -0.3 is 0 Å². The van der Waals surface area contributed by atoms with Crippen molar-refractivity contribution < 1.29 is 4.39 Å². The SMILES string of the molecule is CC.CC.CCCC.CCCCC.CCCCC1CCC1C(CCCC(CC)CCC(C)(C)F)C(C)C. The summed E-state index contributed by atoms with van der Waals surface area (Å²) in [7, 11) is 0. The van der Waals surface area contributed by atoms with Crippen molar-refractivity contribution in [3.05, 3.63) is 0 Å². The van der Waals surface area contributed by atoms with Crippen molar-refractivity contribution in [3.8, 4) is 0 Å². The Morgan fingerprint density at radius 1 is 0.676 bits per heavy atom. The summed E-state index contributed by atoms with van der Waals surface area (Å²) >= 11 is 0. The molecule has 0 saturated heterocycles. The van der Waals surface area contributed by atoms with E-state index in [1.165, 1.54) is 89.9 Å². The minimum atomic E-state index is -0.994. The maximum Gasteiger partial charge on any atom is 0.105 e. The van der Waals surface area contributed by atoms with Gasteiger partial charge in [-0.1, -0.05) is 154 Å². The molecule has 0 N–H and O–H groups in total. The lowest BCUT2D eigenvalue weighted by atomic mass is 9.61. The minimum absolute atomic E-state index is 0.723. The second-order valence-corrected chi connectivity index (χ2v) is 11.9. The zero-order chi connectivity index (χ0) is 29.7.